The molecule has 2 fully saturated rings. The van der Waals surface area contributed by atoms with Crippen LogP contribution in [-0.2, 0) is 10.2 Å². The predicted octanol–water partition coefficient (Wildman–Crippen LogP) is 2.00. The number of carbonyl (C=O) groups is 1. The average molecular weight is 263 g/mol. The van der Waals surface area contributed by atoms with Gasteiger partial charge in [0, 0.05) is 11.6 Å². The Hall–Kier alpha value is -1.78. The summed E-state index contributed by atoms with van der Waals surface area (Å²) in [6.07, 6.45) is 5.27. The fourth-order valence-corrected chi connectivity index (χ4v) is 2.24. The lowest BCUT2D eigenvalue weighted by molar-refractivity contribution is -0.140. The Balaban J connectivity index is 1.91. The topological polar surface area (TPSA) is 68.7 Å². The van der Waals surface area contributed by atoms with Gasteiger partial charge in [-0.2, -0.15) is 0 Å². The van der Waals surface area contributed by atoms with Crippen molar-refractivity contribution in [2.75, 3.05) is 13.7 Å². The zero-order valence-corrected chi connectivity index (χ0v) is 10.9. The van der Waals surface area contributed by atoms with Crippen molar-refractivity contribution in [3.05, 3.63) is 17.8 Å². The SMILES string of the molecule is COc1cc(C2(C(=O)O)CC2)c(OCC2CC2)cn1. The zero-order valence-electron chi connectivity index (χ0n) is 10.9. The second-order valence-corrected chi connectivity index (χ2v) is 5.36. The van der Waals surface area contributed by atoms with Crippen molar-refractivity contribution in [3.8, 4) is 11.6 Å². The molecule has 2 aliphatic carbocycles. The molecule has 5 heteroatoms. The van der Waals surface area contributed by atoms with Gasteiger partial charge in [-0.3, -0.25) is 4.79 Å². The number of methoxy groups -OCH3 is 1. The maximum Gasteiger partial charge on any atom is 0.314 e. The Morgan fingerprint density at radius 3 is 2.79 bits per heavy atom. The average Bonchev–Trinajstić information content (AvgIpc) is 3.29. The Morgan fingerprint density at radius 1 is 1.53 bits per heavy atom. The van der Waals surface area contributed by atoms with E-state index in [1.807, 2.05) is 0 Å². The van der Waals surface area contributed by atoms with Crippen LogP contribution in [0.1, 0.15) is 31.2 Å². The molecule has 0 atom stereocenters. The lowest BCUT2D eigenvalue weighted by Gasteiger charge is -2.16. The van der Waals surface area contributed by atoms with Crippen LogP contribution in [0.25, 0.3) is 0 Å². The summed E-state index contributed by atoms with van der Waals surface area (Å²) >= 11 is 0. The number of aliphatic carboxylic acids is 1. The van der Waals surface area contributed by atoms with E-state index in [1.54, 1.807) is 12.3 Å². The molecule has 3 rings (SSSR count). The second-order valence-electron chi connectivity index (χ2n) is 5.36. The molecule has 1 aromatic rings. The van der Waals surface area contributed by atoms with E-state index < -0.39 is 11.4 Å². The van der Waals surface area contributed by atoms with Crippen molar-refractivity contribution in [2.24, 2.45) is 5.92 Å². The van der Waals surface area contributed by atoms with Crippen molar-refractivity contribution >= 4 is 5.97 Å². The number of ether oxygens (including phenoxy) is 2. The fourth-order valence-electron chi connectivity index (χ4n) is 2.24. The molecule has 5 nitrogen and oxygen atoms in total. The number of hydrogen-bond acceptors (Lipinski definition) is 4. The van der Waals surface area contributed by atoms with Gasteiger partial charge < -0.3 is 14.6 Å². The van der Waals surface area contributed by atoms with Gasteiger partial charge in [-0.25, -0.2) is 4.98 Å². The summed E-state index contributed by atoms with van der Waals surface area (Å²) < 4.78 is 10.8. The molecule has 2 aliphatic rings. The molecule has 0 aromatic carbocycles. The fraction of sp³-hybridized carbons (Fsp3) is 0.571. The normalized spacial score (nSPS) is 19.8. The van der Waals surface area contributed by atoms with E-state index in [0.29, 0.717) is 42.6 Å². The highest BCUT2D eigenvalue weighted by molar-refractivity contribution is 5.86. The first-order valence-electron chi connectivity index (χ1n) is 6.56. The van der Waals surface area contributed by atoms with E-state index in [0.717, 1.165) is 0 Å². The van der Waals surface area contributed by atoms with Gasteiger partial charge >= 0.3 is 5.97 Å². The van der Waals surface area contributed by atoms with Crippen LogP contribution in [0.3, 0.4) is 0 Å². The lowest BCUT2D eigenvalue weighted by atomic mass is 9.96. The standard InChI is InChI=1S/C14H17NO4/c1-18-12-6-10(14(4-5-14)13(16)17)11(7-15-12)19-8-9-2-3-9/h6-7,9H,2-5,8H2,1H3,(H,16,17). The van der Waals surface area contributed by atoms with E-state index >= 15 is 0 Å². The van der Waals surface area contributed by atoms with Crippen molar-refractivity contribution in [1.82, 2.24) is 4.98 Å². The Labute approximate surface area is 111 Å². The van der Waals surface area contributed by atoms with Crippen LogP contribution in [0.4, 0.5) is 0 Å². The molecular formula is C14H17NO4. The zero-order chi connectivity index (χ0) is 13.5. The molecule has 19 heavy (non-hydrogen) atoms. The van der Waals surface area contributed by atoms with Crippen LogP contribution in [0, 0.1) is 5.92 Å². The summed E-state index contributed by atoms with van der Waals surface area (Å²) in [7, 11) is 1.52. The molecule has 0 spiro atoms. The molecule has 1 N–H and O–H groups in total. The quantitative estimate of drug-likeness (QED) is 0.850. The summed E-state index contributed by atoms with van der Waals surface area (Å²) in [5.41, 5.74) is -0.0951. The third-order valence-corrected chi connectivity index (χ3v) is 3.90. The van der Waals surface area contributed by atoms with Crippen LogP contribution >= 0.6 is 0 Å². The molecule has 1 aromatic heterocycles. The van der Waals surface area contributed by atoms with Crippen molar-refractivity contribution in [3.63, 3.8) is 0 Å². The molecule has 1 heterocycles. The summed E-state index contributed by atoms with van der Waals surface area (Å²) in [5, 5.41) is 9.42. The lowest BCUT2D eigenvalue weighted by Crippen LogP contribution is -2.21. The van der Waals surface area contributed by atoms with Gasteiger partial charge in [-0.15, -0.1) is 0 Å². The van der Waals surface area contributed by atoms with Gasteiger partial charge in [0.05, 0.1) is 25.3 Å². The van der Waals surface area contributed by atoms with Crippen LogP contribution in [-0.4, -0.2) is 29.8 Å². The predicted molar refractivity (Wildman–Crippen MR) is 67.6 cm³/mol. The van der Waals surface area contributed by atoms with Gasteiger partial charge in [-0.1, -0.05) is 0 Å². The van der Waals surface area contributed by atoms with Crippen LogP contribution in [0.15, 0.2) is 12.3 Å². The van der Waals surface area contributed by atoms with E-state index in [4.69, 9.17) is 9.47 Å². The third kappa shape index (κ3) is 2.25. The van der Waals surface area contributed by atoms with E-state index in [9.17, 15) is 9.90 Å². The largest absolute Gasteiger partial charge is 0.491 e. The van der Waals surface area contributed by atoms with Gasteiger partial charge in [0.15, 0.2) is 0 Å². The summed E-state index contributed by atoms with van der Waals surface area (Å²) in [6.45, 7) is 0.650. The smallest absolute Gasteiger partial charge is 0.314 e. The van der Waals surface area contributed by atoms with Crippen molar-refractivity contribution < 1.29 is 19.4 Å². The second kappa shape index (κ2) is 4.40. The van der Waals surface area contributed by atoms with Crippen LogP contribution in [0.5, 0.6) is 11.6 Å². The van der Waals surface area contributed by atoms with E-state index in [2.05, 4.69) is 4.98 Å². The minimum Gasteiger partial charge on any atom is -0.491 e. The highest BCUT2D eigenvalue weighted by Crippen LogP contribution is 2.52. The first-order valence-corrected chi connectivity index (χ1v) is 6.56. The molecular weight excluding hydrogens is 246 g/mol. The van der Waals surface area contributed by atoms with Crippen LogP contribution < -0.4 is 9.47 Å². The molecule has 0 bridgehead atoms. The summed E-state index contributed by atoms with van der Waals surface area (Å²) in [6, 6.07) is 1.70. The summed E-state index contributed by atoms with van der Waals surface area (Å²) in [5.74, 6) is 0.848. The minimum atomic E-state index is -0.797. The van der Waals surface area contributed by atoms with E-state index in [-0.39, 0.29) is 0 Å². The number of aromatic nitrogens is 1. The maximum atomic E-state index is 11.5. The number of rotatable bonds is 6. The Kier molecular flexibility index (Phi) is 2.84. The minimum absolute atomic E-state index is 0.432. The Bertz CT molecular complexity index is 506. The number of carboxylic acids is 1. The maximum absolute atomic E-state index is 11.5. The van der Waals surface area contributed by atoms with Crippen molar-refractivity contribution in [2.45, 2.75) is 31.1 Å². The highest BCUT2D eigenvalue weighted by Gasteiger charge is 2.53. The summed E-state index contributed by atoms with van der Waals surface area (Å²) in [4.78, 5) is 15.6. The molecule has 0 saturated heterocycles. The number of nitrogens with zero attached hydrogens (tertiary/aromatic N) is 1. The molecule has 0 aliphatic heterocycles. The van der Waals surface area contributed by atoms with Crippen molar-refractivity contribution in [1.29, 1.82) is 0 Å². The molecule has 0 radical (unpaired) electrons. The number of pyridine rings is 1. The van der Waals surface area contributed by atoms with Gasteiger partial charge in [-0.05, 0) is 31.6 Å². The van der Waals surface area contributed by atoms with E-state index in [1.165, 1.54) is 20.0 Å². The van der Waals surface area contributed by atoms with Gasteiger partial charge in [0.2, 0.25) is 5.88 Å². The Morgan fingerprint density at radius 2 is 2.26 bits per heavy atom. The molecule has 0 amide bonds. The molecule has 2 saturated carbocycles. The first-order chi connectivity index (χ1) is 9.15. The third-order valence-electron chi connectivity index (χ3n) is 3.90. The van der Waals surface area contributed by atoms with Gasteiger partial charge in [0.1, 0.15) is 5.75 Å². The molecule has 0 unspecified atom stereocenters. The van der Waals surface area contributed by atoms with Crippen LogP contribution in [0.2, 0.25) is 0 Å². The first kappa shape index (κ1) is 12.3. The number of carboxylic acid groups (broad SMARTS) is 1. The number of hydrogen-bond donors (Lipinski definition) is 1. The van der Waals surface area contributed by atoms with Gasteiger partial charge in [0.25, 0.3) is 0 Å². The molecule has 102 valence electrons. The monoisotopic (exact) mass is 263 g/mol. The highest BCUT2D eigenvalue weighted by atomic mass is 16.5.